The lowest BCUT2D eigenvalue weighted by atomic mass is 10.0. The lowest BCUT2D eigenvalue weighted by Gasteiger charge is -2.26. The number of morpholine rings is 1. The van der Waals surface area contributed by atoms with Crippen molar-refractivity contribution in [3.05, 3.63) is 48.0 Å². The van der Waals surface area contributed by atoms with Crippen LogP contribution in [0.5, 0.6) is 11.5 Å². The maximum atomic E-state index is 13.2. The number of hydrogen-bond acceptors (Lipinski definition) is 7. The summed E-state index contributed by atoms with van der Waals surface area (Å²) in [6.45, 7) is 6.19. The Morgan fingerprint density at radius 1 is 1.03 bits per heavy atom. The van der Waals surface area contributed by atoms with Gasteiger partial charge in [0.1, 0.15) is 6.04 Å². The molecule has 0 bridgehead atoms. The molecule has 1 atom stereocenters. The summed E-state index contributed by atoms with van der Waals surface area (Å²) in [6, 6.07) is 11.0. The van der Waals surface area contributed by atoms with Gasteiger partial charge < -0.3 is 24.8 Å². The molecule has 1 fully saturated rings. The van der Waals surface area contributed by atoms with Gasteiger partial charge in [0.25, 0.3) is 0 Å². The van der Waals surface area contributed by atoms with E-state index in [0.29, 0.717) is 61.5 Å². The summed E-state index contributed by atoms with van der Waals surface area (Å²) >= 11 is 0. The molecule has 0 spiro atoms. The molecule has 2 aromatic carbocycles. The summed E-state index contributed by atoms with van der Waals surface area (Å²) in [7, 11) is -0.501. The molecule has 10 heteroatoms. The number of methoxy groups -OCH3 is 2. The monoisotopic (exact) mass is 505 g/mol. The van der Waals surface area contributed by atoms with Gasteiger partial charge >= 0.3 is 0 Å². The number of hydrogen-bond donors (Lipinski definition) is 2. The smallest absolute Gasteiger partial charge is 0.247 e. The molecule has 192 valence electrons. The van der Waals surface area contributed by atoms with Crippen LogP contribution in [0.2, 0.25) is 0 Å². The fourth-order valence-corrected chi connectivity index (χ4v) is 5.15. The molecule has 1 amide bonds. The Morgan fingerprint density at radius 2 is 1.69 bits per heavy atom. The number of carbonyl (C=O) groups is 1. The van der Waals surface area contributed by atoms with Gasteiger partial charge in [0.2, 0.25) is 15.9 Å². The molecule has 1 heterocycles. The molecular formula is C25H35N3O6S. The third-order valence-corrected chi connectivity index (χ3v) is 7.71. The Balaban J connectivity index is 1.83. The van der Waals surface area contributed by atoms with E-state index in [0.717, 1.165) is 6.42 Å². The van der Waals surface area contributed by atoms with Gasteiger partial charge in [0.05, 0.1) is 32.3 Å². The highest BCUT2D eigenvalue weighted by atomic mass is 32.2. The quantitative estimate of drug-likeness (QED) is 0.483. The SMILES string of the molecule is COc1ccc([C@H](Nc2ccc(S(=O)(=O)N3CCOCC3)cc2)C(=O)NCCC(C)C)cc1OC. The third-order valence-electron chi connectivity index (χ3n) is 5.80. The van der Waals surface area contributed by atoms with Crippen molar-refractivity contribution in [2.45, 2.75) is 31.2 Å². The van der Waals surface area contributed by atoms with E-state index in [2.05, 4.69) is 24.5 Å². The van der Waals surface area contributed by atoms with E-state index in [9.17, 15) is 13.2 Å². The van der Waals surface area contributed by atoms with E-state index >= 15 is 0 Å². The van der Waals surface area contributed by atoms with Crippen molar-refractivity contribution < 1.29 is 27.4 Å². The van der Waals surface area contributed by atoms with E-state index in [1.165, 1.54) is 4.31 Å². The van der Waals surface area contributed by atoms with Crippen LogP contribution >= 0.6 is 0 Å². The normalized spacial score (nSPS) is 15.5. The van der Waals surface area contributed by atoms with E-state index in [1.807, 2.05) is 0 Å². The summed E-state index contributed by atoms with van der Waals surface area (Å²) in [5.74, 6) is 1.35. The van der Waals surface area contributed by atoms with Crippen molar-refractivity contribution in [2.75, 3.05) is 52.4 Å². The predicted molar refractivity (Wildman–Crippen MR) is 134 cm³/mol. The zero-order chi connectivity index (χ0) is 25.4. The van der Waals surface area contributed by atoms with Crippen molar-refractivity contribution in [1.82, 2.24) is 9.62 Å². The molecule has 0 aromatic heterocycles. The number of nitrogens with one attached hydrogen (secondary N) is 2. The number of anilines is 1. The maximum Gasteiger partial charge on any atom is 0.247 e. The first kappa shape index (κ1) is 26.8. The van der Waals surface area contributed by atoms with Gasteiger partial charge in [-0.25, -0.2) is 8.42 Å². The van der Waals surface area contributed by atoms with Gasteiger partial charge in [-0.2, -0.15) is 4.31 Å². The van der Waals surface area contributed by atoms with Crippen molar-refractivity contribution >= 4 is 21.6 Å². The highest BCUT2D eigenvalue weighted by Gasteiger charge is 2.27. The maximum absolute atomic E-state index is 13.2. The Bertz CT molecular complexity index is 1080. The van der Waals surface area contributed by atoms with Gasteiger partial charge in [-0.1, -0.05) is 19.9 Å². The summed E-state index contributed by atoms with van der Waals surface area (Å²) in [4.78, 5) is 13.4. The first-order valence-electron chi connectivity index (χ1n) is 11.7. The molecule has 1 saturated heterocycles. The molecule has 2 N–H and O–H groups in total. The largest absolute Gasteiger partial charge is 0.493 e. The van der Waals surface area contributed by atoms with Crippen LogP contribution in [0.1, 0.15) is 31.9 Å². The third kappa shape index (κ3) is 6.87. The standard InChI is InChI=1S/C25H35N3O6S/c1-18(2)11-12-26-25(29)24(19-5-10-22(32-3)23(17-19)33-4)27-20-6-8-21(9-7-20)35(30,31)28-13-15-34-16-14-28/h5-10,17-18,24,27H,11-16H2,1-4H3,(H,26,29)/t24-/m0/s1. The molecule has 9 nitrogen and oxygen atoms in total. The van der Waals surface area contributed by atoms with Crippen LogP contribution in [0, 0.1) is 5.92 Å². The summed E-state index contributed by atoms with van der Waals surface area (Å²) in [6.07, 6.45) is 0.860. The van der Waals surface area contributed by atoms with Gasteiger partial charge in [-0.15, -0.1) is 0 Å². The van der Waals surface area contributed by atoms with Crippen LogP contribution in [0.3, 0.4) is 0 Å². The minimum Gasteiger partial charge on any atom is -0.493 e. The van der Waals surface area contributed by atoms with Crippen LogP contribution in [-0.4, -0.2) is 65.7 Å². The van der Waals surface area contributed by atoms with Crippen molar-refractivity contribution in [3.8, 4) is 11.5 Å². The second-order valence-electron chi connectivity index (χ2n) is 8.71. The molecule has 0 unspecified atom stereocenters. The van der Waals surface area contributed by atoms with Crippen molar-refractivity contribution in [1.29, 1.82) is 0 Å². The summed E-state index contributed by atoms with van der Waals surface area (Å²) < 4.78 is 43.2. The minimum absolute atomic E-state index is 0.192. The molecule has 2 aromatic rings. The number of nitrogens with zero attached hydrogens (tertiary/aromatic N) is 1. The van der Waals surface area contributed by atoms with E-state index in [-0.39, 0.29) is 10.8 Å². The van der Waals surface area contributed by atoms with Crippen LogP contribution in [0.25, 0.3) is 0 Å². The average Bonchev–Trinajstić information content (AvgIpc) is 2.87. The summed E-state index contributed by atoms with van der Waals surface area (Å²) in [5.41, 5.74) is 1.31. The zero-order valence-corrected chi connectivity index (χ0v) is 21.6. The van der Waals surface area contributed by atoms with E-state index < -0.39 is 16.1 Å². The van der Waals surface area contributed by atoms with Crippen LogP contribution in [0.15, 0.2) is 47.4 Å². The number of ether oxygens (including phenoxy) is 3. The average molecular weight is 506 g/mol. The second kappa shape index (κ2) is 12.2. The highest BCUT2D eigenvalue weighted by Crippen LogP contribution is 2.31. The molecule has 3 rings (SSSR count). The predicted octanol–water partition coefficient (Wildman–Crippen LogP) is 3.04. The number of amides is 1. The lowest BCUT2D eigenvalue weighted by molar-refractivity contribution is -0.122. The van der Waals surface area contributed by atoms with E-state index in [1.54, 1.807) is 56.7 Å². The fourth-order valence-electron chi connectivity index (χ4n) is 3.74. The van der Waals surface area contributed by atoms with Crippen LogP contribution in [-0.2, 0) is 19.6 Å². The molecule has 0 radical (unpaired) electrons. The van der Waals surface area contributed by atoms with Crippen molar-refractivity contribution in [3.63, 3.8) is 0 Å². The van der Waals surface area contributed by atoms with E-state index in [4.69, 9.17) is 14.2 Å². The first-order valence-corrected chi connectivity index (χ1v) is 13.1. The van der Waals surface area contributed by atoms with Gasteiger partial charge in [0, 0.05) is 25.3 Å². The van der Waals surface area contributed by atoms with Crippen molar-refractivity contribution in [2.24, 2.45) is 5.92 Å². The lowest BCUT2D eigenvalue weighted by Crippen LogP contribution is -2.40. The molecule has 1 aliphatic heterocycles. The van der Waals surface area contributed by atoms with Crippen LogP contribution in [0.4, 0.5) is 5.69 Å². The number of carbonyl (C=O) groups excluding carboxylic acids is 1. The molecule has 0 saturated carbocycles. The Kier molecular flexibility index (Phi) is 9.36. The number of benzene rings is 2. The number of rotatable bonds is 11. The fraction of sp³-hybridized carbons (Fsp3) is 0.480. The minimum atomic E-state index is -3.60. The second-order valence-corrected chi connectivity index (χ2v) is 10.6. The Labute approximate surface area is 207 Å². The molecule has 1 aliphatic rings. The van der Waals surface area contributed by atoms with Crippen LogP contribution < -0.4 is 20.1 Å². The van der Waals surface area contributed by atoms with Gasteiger partial charge in [-0.05, 0) is 54.3 Å². The van der Waals surface area contributed by atoms with Gasteiger partial charge in [-0.3, -0.25) is 4.79 Å². The number of sulfonamides is 1. The molecular weight excluding hydrogens is 470 g/mol. The first-order chi connectivity index (χ1) is 16.8. The highest BCUT2D eigenvalue weighted by molar-refractivity contribution is 7.89. The topological polar surface area (TPSA) is 106 Å². The Hall–Kier alpha value is -2.82. The molecule has 35 heavy (non-hydrogen) atoms. The van der Waals surface area contributed by atoms with Gasteiger partial charge in [0.15, 0.2) is 11.5 Å². The summed E-state index contributed by atoms with van der Waals surface area (Å²) in [5, 5.41) is 6.23. The molecule has 0 aliphatic carbocycles. The zero-order valence-electron chi connectivity index (χ0n) is 20.7. The Morgan fingerprint density at radius 3 is 2.29 bits per heavy atom.